The van der Waals surface area contributed by atoms with Gasteiger partial charge in [0.25, 0.3) is 0 Å². The number of anilines is 2. The average molecular weight is 458 g/mol. The number of rotatable bonds is 6. The largest absolute Gasteiger partial charge is 0.473 e. The molecule has 9 nitrogen and oxygen atoms in total. The summed E-state index contributed by atoms with van der Waals surface area (Å²) in [4.78, 5) is 17.4. The molecule has 0 amide bonds. The van der Waals surface area contributed by atoms with E-state index in [1.807, 2.05) is 17.8 Å². The third-order valence-corrected chi connectivity index (χ3v) is 7.07. The number of aryl methyl sites for hydroxylation is 1. The van der Waals surface area contributed by atoms with Crippen molar-refractivity contribution in [2.24, 2.45) is 0 Å². The van der Waals surface area contributed by atoms with Crippen LogP contribution in [0.3, 0.4) is 0 Å². The maximum atomic E-state index is 6.43. The first-order valence-electron chi connectivity index (χ1n) is 11.5. The Kier molecular flexibility index (Phi) is 6.25. The molecule has 1 N–H and O–H groups in total. The second-order valence-corrected chi connectivity index (χ2v) is 10.0. The smallest absolute Gasteiger partial charge is 0.246 e. The maximum absolute atomic E-state index is 6.43. The molecule has 0 spiro atoms. The van der Waals surface area contributed by atoms with Crippen molar-refractivity contribution in [3.05, 3.63) is 17.4 Å². The Labute approximate surface area is 192 Å². The van der Waals surface area contributed by atoms with Crippen molar-refractivity contribution < 1.29 is 9.47 Å². The van der Waals surface area contributed by atoms with E-state index in [-0.39, 0.29) is 6.10 Å². The van der Waals surface area contributed by atoms with Gasteiger partial charge < -0.3 is 14.8 Å². The lowest BCUT2D eigenvalue weighted by Crippen LogP contribution is -2.46. The van der Waals surface area contributed by atoms with E-state index in [4.69, 9.17) is 14.5 Å². The van der Waals surface area contributed by atoms with Crippen LogP contribution in [0.1, 0.15) is 50.6 Å². The van der Waals surface area contributed by atoms with Crippen molar-refractivity contribution in [3.63, 3.8) is 0 Å². The number of ether oxygens (including phenoxy) is 2. The molecule has 0 aromatic carbocycles. The Balaban J connectivity index is 1.30. The van der Waals surface area contributed by atoms with Gasteiger partial charge in [-0.05, 0) is 46.5 Å². The first-order valence-corrected chi connectivity index (χ1v) is 12.3. The number of aromatic nitrogens is 5. The summed E-state index contributed by atoms with van der Waals surface area (Å²) in [6.45, 7) is 9.98. The lowest BCUT2D eigenvalue weighted by Gasteiger charge is -2.38. The number of thiazole rings is 1. The fraction of sp³-hybridized carbons (Fsp3) is 0.636. The summed E-state index contributed by atoms with van der Waals surface area (Å²) in [6.07, 6.45) is 8.26. The third kappa shape index (κ3) is 4.72. The summed E-state index contributed by atoms with van der Waals surface area (Å²) in [5.74, 6) is 1.09. The predicted octanol–water partition coefficient (Wildman–Crippen LogP) is 3.94. The first-order chi connectivity index (χ1) is 15.5. The van der Waals surface area contributed by atoms with Gasteiger partial charge >= 0.3 is 0 Å². The van der Waals surface area contributed by atoms with Gasteiger partial charge in [-0.25, -0.2) is 4.98 Å². The molecular weight excluding hydrogens is 426 g/mol. The second kappa shape index (κ2) is 9.29. The summed E-state index contributed by atoms with van der Waals surface area (Å²) in [5, 5.41) is 8.63. The molecule has 32 heavy (non-hydrogen) atoms. The van der Waals surface area contributed by atoms with Gasteiger partial charge in [0, 0.05) is 31.4 Å². The summed E-state index contributed by atoms with van der Waals surface area (Å²) in [7, 11) is 0. The molecule has 4 heterocycles. The van der Waals surface area contributed by atoms with Gasteiger partial charge in [-0.3, -0.25) is 9.58 Å². The SMILES string of the molecule is Cc1nc2c(O[C@H]3CC[C@H](N4CCOCC4)CC3)nc(Nc3cnn(C(C)C)c3)nc2s1. The maximum Gasteiger partial charge on any atom is 0.246 e. The number of fused-ring (bicyclic) bond motifs is 1. The second-order valence-electron chi connectivity index (χ2n) is 8.86. The minimum atomic E-state index is 0.156. The molecular formula is C22H31N7O2S. The molecule has 0 bridgehead atoms. The quantitative estimate of drug-likeness (QED) is 0.595. The molecule has 10 heteroatoms. The van der Waals surface area contributed by atoms with E-state index in [1.165, 1.54) is 0 Å². The molecule has 2 aliphatic rings. The molecule has 5 rings (SSSR count). The van der Waals surface area contributed by atoms with Gasteiger partial charge in [0.1, 0.15) is 6.10 Å². The number of nitrogens with zero attached hydrogens (tertiary/aromatic N) is 6. The van der Waals surface area contributed by atoms with Crippen LogP contribution in [0.15, 0.2) is 12.4 Å². The molecule has 172 valence electrons. The molecule has 1 saturated heterocycles. The lowest BCUT2D eigenvalue weighted by atomic mass is 9.91. The molecule has 1 saturated carbocycles. The molecule has 0 radical (unpaired) electrons. The fourth-order valence-electron chi connectivity index (χ4n) is 4.48. The van der Waals surface area contributed by atoms with Crippen LogP contribution >= 0.6 is 11.3 Å². The van der Waals surface area contributed by atoms with E-state index in [1.54, 1.807) is 17.5 Å². The highest BCUT2D eigenvalue weighted by Gasteiger charge is 2.29. The fourth-order valence-corrected chi connectivity index (χ4v) is 5.26. The van der Waals surface area contributed by atoms with Crippen LogP contribution in [0.25, 0.3) is 10.3 Å². The van der Waals surface area contributed by atoms with Gasteiger partial charge in [0.15, 0.2) is 10.3 Å². The van der Waals surface area contributed by atoms with E-state index in [2.05, 4.69) is 39.1 Å². The van der Waals surface area contributed by atoms with Crippen LogP contribution in [0.5, 0.6) is 5.88 Å². The topological polar surface area (TPSA) is 90.2 Å². The Morgan fingerprint density at radius 1 is 1.12 bits per heavy atom. The van der Waals surface area contributed by atoms with Crippen LogP contribution in [0.2, 0.25) is 0 Å². The molecule has 1 aliphatic heterocycles. The normalized spacial score (nSPS) is 22.5. The average Bonchev–Trinajstić information content (AvgIpc) is 3.41. The molecule has 3 aromatic rings. The third-order valence-electron chi connectivity index (χ3n) is 6.20. The summed E-state index contributed by atoms with van der Waals surface area (Å²) < 4.78 is 13.8. The minimum Gasteiger partial charge on any atom is -0.473 e. The number of hydrogen-bond acceptors (Lipinski definition) is 9. The Bertz CT molecular complexity index is 1050. The van der Waals surface area contributed by atoms with Gasteiger partial charge in [-0.15, -0.1) is 0 Å². The molecule has 1 aliphatic carbocycles. The number of hydrogen-bond donors (Lipinski definition) is 1. The van der Waals surface area contributed by atoms with Crippen molar-refractivity contribution >= 4 is 33.3 Å². The van der Waals surface area contributed by atoms with Crippen LogP contribution in [-0.4, -0.2) is 68.1 Å². The standard InChI is InChI=1S/C22H31N7O2S/c1-14(2)29-13-16(12-23-29)25-22-26-20(19-21(27-22)32-15(3)24-19)31-18-6-4-17(5-7-18)28-8-10-30-11-9-28/h12-14,17-18H,4-11H2,1-3H3,(H,25,26,27)/t17-,18-. The predicted molar refractivity (Wildman–Crippen MR) is 125 cm³/mol. The Morgan fingerprint density at radius 2 is 1.91 bits per heavy atom. The first kappa shape index (κ1) is 21.5. The van der Waals surface area contributed by atoms with E-state index in [9.17, 15) is 0 Å². The van der Waals surface area contributed by atoms with Crippen molar-refractivity contribution in [1.82, 2.24) is 29.6 Å². The molecule has 3 aromatic heterocycles. The lowest BCUT2D eigenvalue weighted by molar-refractivity contribution is -0.00126. The molecule has 0 unspecified atom stereocenters. The van der Waals surface area contributed by atoms with E-state index >= 15 is 0 Å². The zero-order valence-corrected chi connectivity index (χ0v) is 19.8. The highest BCUT2D eigenvalue weighted by atomic mass is 32.1. The van der Waals surface area contributed by atoms with Crippen molar-refractivity contribution in [3.8, 4) is 5.88 Å². The van der Waals surface area contributed by atoms with Gasteiger partial charge in [0.05, 0.1) is 30.1 Å². The van der Waals surface area contributed by atoms with Gasteiger partial charge in [-0.2, -0.15) is 15.1 Å². The van der Waals surface area contributed by atoms with Crippen LogP contribution in [0, 0.1) is 6.92 Å². The summed E-state index contributed by atoms with van der Waals surface area (Å²) in [5.41, 5.74) is 1.61. The Hall–Kier alpha value is -2.30. The number of morpholine rings is 1. The van der Waals surface area contributed by atoms with Crippen LogP contribution < -0.4 is 10.1 Å². The van der Waals surface area contributed by atoms with E-state index in [0.29, 0.717) is 23.9 Å². The number of nitrogens with one attached hydrogen (secondary N) is 1. The van der Waals surface area contributed by atoms with Gasteiger partial charge in [0.2, 0.25) is 11.8 Å². The minimum absolute atomic E-state index is 0.156. The highest BCUT2D eigenvalue weighted by molar-refractivity contribution is 7.18. The van der Waals surface area contributed by atoms with E-state index in [0.717, 1.165) is 73.0 Å². The van der Waals surface area contributed by atoms with E-state index < -0.39 is 0 Å². The van der Waals surface area contributed by atoms with Crippen LogP contribution in [0.4, 0.5) is 11.6 Å². The van der Waals surface area contributed by atoms with Crippen LogP contribution in [-0.2, 0) is 4.74 Å². The zero-order chi connectivity index (χ0) is 22.1. The monoisotopic (exact) mass is 457 g/mol. The van der Waals surface area contributed by atoms with Crippen molar-refractivity contribution in [1.29, 1.82) is 0 Å². The Morgan fingerprint density at radius 3 is 2.62 bits per heavy atom. The molecule has 2 fully saturated rings. The van der Waals surface area contributed by atoms with Crippen molar-refractivity contribution in [2.45, 2.75) is 64.6 Å². The van der Waals surface area contributed by atoms with Gasteiger partial charge in [-0.1, -0.05) is 11.3 Å². The molecule has 0 atom stereocenters. The zero-order valence-electron chi connectivity index (χ0n) is 19.0. The highest BCUT2D eigenvalue weighted by Crippen LogP contribution is 2.32. The van der Waals surface area contributed by atoms with Crippen molar-refractivity contribution in [2.75, 3.05) is 31.6 Å². The summed E-state index contributed by atoms with van der Waals surface area (Å²) >= 11 is 1.56. The summed E-state index contributed by atoms with van der Waals surface area (Å²) in [6, 6.07) is 0.935.